The van der Waals surface area contributed by atoms with Crippen LogP contribution >= 0.6 is 0 Å². The van der Waals surface area contributed by atoms with Gasteiger partial charge in [0.15, 0.2) is 5.82 Å². The van der Waals surface area contributed by atoms with Crippen molar-refractivity contribution in [3.05, 3.63) is 36.3 Å². The molecule has 5 nitrogen and oxygen atoms in total. The molecule has 0 atom stereocenters. The molecule has 1 amide bonds. The van der Waals surface area contributed by atoms with Crippen LogP contribution in [0.25, 0.3) is 11.3 Å². The Bertz CT molecular complexity index is 543. The predicted molar refractivity (Wildman–Crippen MR) is 63.7 cm³/mol. The molecule has 2 N–H and O–H groups in total. The number of carbonyl (C=O) groups excluding carboxylic acids is 1. The summed E-state index contributed by atoms with van der Waals surface area (Å²) in [6.07, 6.45) is 1.77. The minimum absolute atomic E-state index is 0.246. The highest BCUT2D eigenvalue weighted by Gasteiger charge is 2.11. The van der Waals surface area contributed by atoms with Crippen molar-refractivity contribution in [1.29, 1.82) is 0 Å². The van der Waals surface area contributed by atoms with E-state index in [0.29, 0.717) is 5.69 Å². The van der Waals surface area contributed by atoms with Crippen LogP contribution in [0.5, 0.6) is 5.75 Å². The Morgan fingerprint density at radius 2 is 2.00 bits per heavy atom. The normalized spacial score (nSPS) is 10.2. The van der Waals surface area contributed by atoms with Gasteiger partial charge in [0.25, 0.3) is 5.91 Å². The number of hydrogen-bond acceptors (Lipinski definition) is 3. The molecule has 88 valence electrons. The van der Waals surface area contributed by atoms with Crippen molar-refractivity contribution in [2.45, 2.75) is 0 Å². The van der Waals surface area contributed by atoms with E-state index in [1.54, 1.807) is 24.9 Å². The van der Waals surface area contributed by atoms with E-state index < -0.39 is 5.91 Å². The number of rotatable bonds is 3. The number of benzene rings is 1. The van der Waals surface area contributed by atoms with Crippen LogP contribution in [0.4, 0.5) is 0 Å². The van der Waals surface area contributed by atoms with Crippen LogP contribution in [-0.4, -0.2) is 22.6 Å². The molecule has 1 aromatic heterocycles. The molecule has 1 heterocycles. The minimum Gasteiger partial charge on any atom is -0.497 e. The average Bonchev–Trinajstić information content (AvgIpc) is 2.71. The number of primary amides is 1. The first kappa shape index (κ1) is 11.2. The van der Waals surface area contributed by atoms with Crippen LogP contribution in [0.1, 0.15) is 10.6 Å². The molecule has 1 aromatic carbocycles. The SMILES string of the molecule is COc1ccc(-c2cn(C)c(C(N)=O)n2)cc1. The first-order valence-corrected chi connectivity index (χ1v) is 5.09. The van der Waals surface area contributed by atoms with Crippen LogP contribution in [-0.2, 0) is 7.05 Å². The highest BCUT2D eigenvalue weighted by Crippen LogP contribution is 2.21. The quantitative estimate of drug-likeness (QED) is 0.862. The Labute approximate surface area is 98.8 Å². The van der Waals surface area contributed by atoms with E-state index in [1.807, 2.05) is 24.3 Å². The molecule has 0 saturated carbocycles. The third-order valence-corrected chi connectivity index (χ3v) is 2.48. The van der Waals surface area contributed by atoms with Gasteiger partial charge in [0.2, 0.25) is 0 Å². The lowest BCUT2D eigenvalue weighted by Gasteiger charge is -2.00. The Morgan fingerprint density at radius 3 is 2.47 bits per heavy atom. The van der Waals surface area contributed by atoms with E-state index in [4.69, 9.17) is 10.5 Å². The van der Waals surface area contributed by atoms with E-state index in [-0.39, 0.29) is 5.82 Å². The van der Waals surface area contributed by atoms with E-state index in [1.165, 1.54) is 0 Å². The van der Waals surface area contributed by atoms with Crippen molar-refractivity contribution in [2.24, 2.45) is 12.8 Å². The molecule has 0 radical (unpaired) electrons. The maximum absolute atomic E-state index is 11.1. The van der Waals surface area contributed by atoms with Crippen LogP contribution in [0.2, 0.25) is 0 Å². The van der Waals surface area contributed by atoms with Crippen molar-refractivity contribution < 1.29 is 9.53 Å². The van der Waals surface area contributed by atoms with Crippen molar-refractivity contribution in [3.63, 3.8) is 0 Å². The Balaban J connectivity index is 2.39. The van der Waals surface area contributed by atoms with Gasteiger partial charge in [0, 0.05) is 18.8 Å². The second-order valence-corrected chi connectivity index (χ2v) is 3.65. The number of ether oxygens (including phenoxy) is 1. The van der Waals surface area contributed by atoms with Gasteiger partial charge in [-0.3, -0.25) is 4.79 Å². The first-order valence-electron chi connectivity index (χ1n) is 5.09. The third-order valence-electron chi connectivity index (χ3n) is 2.48. The number of amides is 1. The lowest BCUT2D eigenvalue weighted by Crippen LogP contribution is -2.16. The van der Waals surface area contributed by atoms with E-state index in [9.17, 15) is 4.79 Å². The number of nitrogens with zero attached hydrogens (tertiary/aromatic N) is 2. The molecule has 17 heavy (non-hydrogen) atoms. The van der Waals surface area contributed by atoms with Crippen LogP contribution < -0.4 is 10.5 Å². The number of methoxy groups -OCH3 is 1. The maximum atomic E-state index is 11.1. The van der Waals surface area contributed by atoms with Crippen molar-refractivity contribution in [1.82, 2.24) is 9.55 Å². The zero-order chi connectivity index (χ0) is 12.4. The lowest BCUT2D eigenvalue weighted by atomic mass is 10.2. The zero-order valence-corrected chi connectivity index (χ0v) is 9.68. The summed E-state index contributed by atoms with van der Waals surface area (Å²) < 4.78 is 6.69. The summed E-state index contributed by atoms with van der Waals surface area (Å²) in [5, 5.41) is 0. The number of nitrogens with two attached hydrogens (primary N) is 1. The van der Waals surface area contributed by atoms with Gasteiger partial charge >= 0.3 is 0 Å². The maximum Gasteiger partial charge on any atom is 0.284 e. The number of hydrogen-bond donors (Lipinski definition) is 1. The largest absolute Gasteiger partial charge is 0.497 e. The van der Waals surface area contributed by atoms with Crippen LogP contribution in [0, 0.1) is 0 Å². The van der Waals surface area contributed by atoms with Crippen molar-refractivity contribution >= 4 is 5.91 Å². The van der Waals surface area contributed by atoms with E-state index in [2.05, 4.69) is 4.98 Å². The predicted octanol–water partition coefficient (Wildman–Crippen LogP) is 1.19. The van der Waals surface area contributed by atoms with Crippen LogP contribution in [0.15, 0.2) is 30.5 Å². The molecular formula is C12H13N3O2. The Hall–Kier alpha value is -2.30. The monoisotopic (exact) mass is 231 g/mol. The molecule has 0 aliphatic heterocycles. The van der Waals surface area contributed by atoms with Gasteiger partial charge in [0.05, 0.1) is 12.8 Å². The Morgan fingerprint density at radius 1 is 1.35 bits per heavy atom. The molecule has 0 aliphatic rings. The van der Waals surface area contributed by atoms with Gasteiger partial charge in [-0.25, -0.2) is 4.98 Å². The number of aromatic nitrogens is 2. The number of carbonyl (C=O) groups is 1. The fourth-order valence-corrected chi connectivity index (χ4v) is 1.60. The summed E-state index contributed by atoms with van der Waals surface area (Å²) in [4.78, 5) is 15.3. The van der Waals surface area contributed by atoms with Gasteiger partial charge in [-0.1, -0.05) is 0 Å². The van der Waals surface area contributed by atoms with Gasteiger partial charge < -0.3 is 15.0 Å². The first-order chi connectivity index (χ1) is 8.11. The summed E-state index contributed by atoms with van der Waals surface area (Å²) in [5.41, 5.74) is 6.83. The standard InChI is InChI=1S/C12H13N3O2/c1-15-7-10(14-12(15)11(13)16)8-3-5-9(17-2)6-4-8/h3-7H,1-2H3,(H2,13,16). The second-order valence-electron chi connectivity index (χ2n) is 3.65. The minimum atomic E-state index is -0.535. The van der Waals surface area contributed by atoms with Gasteiger partial charge in [0.1, 0.15) is 5.75 Å². The molecule has 2 aromatic rings. The van der Waals surface area contributed by atoms with Gasteiger partial charge in [-0.2, -0.15) is 0 Å². The molecule has 2 rings (SSSR count). The van der Waals surface area contributed by atoms with E-state index in [0.717, 1.165) is 11.3 Å². The summed E-state index contributed by atoms with van der Waals surface area (Å²) in [6, 6.07) is 7.44. The lowest BCUT2D eigenvalue weighted by molar-refractivity contribution is 0.0987. The summed E-state index contributed by atoms with van der Waals surface area (Å²) in [5.74, 6) is 0.489. The molecule has 0 spiro atoms. The molecule has 0 bridgehead atoms. The average molecular weight is 231 g/mol. The second kappa shape index (κ2) is 4.29. The molecule has 0 saturated heterocycles. The van der Waals surface area contributed by atoms with Gasteiger partial charge in [-0.05, 0) is 24.3 Å². The van der Waals surface area contributed by atoms with Gasteiger partial charge in [-0.15, -0.1) is 0 Å². The summed E-state index contributed by atoms with van der Waals surface area (Å²) in [6.45, 7) is 0. The highest BCUT2D eigenvalue weighted by molar-refractivity contribution is 5.90. The van der Waals surface area contributed by atoms with Crippen molar-refractivity contribution in [3.8, 4) is 17.0 Å². The zero-order valence-electron chi connectivity index (χ0n) is 9.68. The summed E-state index contributed by atoms with van der Waals surface area (Å²) in [7, 11) is 3.35. The van der Waals surface area contributed by atoms with Crippen molar-refractivity contribution in [2.75, 3.05) is 7.11 Å². The third kappa shape index (κ3) is 2.13. The molecule has 0 aliphatic carbocycles. The van der Waals surface area contributed by atoms with Crippen LogP contribution in [0.3, 0.4) is 0 Å². The molecule has 0 fully saturated rings. The number of aryl methyl sites for hydroxylation is 1. The molecule has 0 unspecified atom stereocenters. The molecular weight excluding hydrogens is 218 g/mol. The highest BCUT2D eigenvalue weighted by atomic mass is 16.5. The fraction of sp³-hybridized carbons (Fsp3) is 0.167. The summed E-state index contributed by atoms with van der Waals surface area (Å²) >= 11 is 0. The Kier molecular flexibility index (Phi) is 2.82. The molecule has 5 heteroatoms. The van der Waals surface area contributed by atoms with E-state index >= 15 is 0 Å². The topological polar surface area (TPSA) is 70.1 Å². The fourth-order valence-electron chi connectivity index (χ4n) is 1.60. The number of imidazole rings is 1. The smallest absolute Gasteiger partial charge is 0.284 e.